The first kappa shape index (κ1) is 23.0. The highest BCUT2D eigenvalue weighted by molar-refractivity contribution is 6.06. The Morgan fingerprint density at radius 1 is 1.03 bits per heavy atom. The van der Waals surface area contributed by atoms with E-state index in [0.29, 0.717) is 49.0 Å². The zero-order valence-electron chi connectivity index (χ0n) is 20.2. The fourth-order valence-electron chi connectivity index (χ4n) is 6.85. The van der Waals surface area contributed by atoms with Gasteiger partial charge in [0.05, 0.1) is 6.54 Å². The van der Waals surface area contributed by atoms with Crippen LogP contribution >= 0.6 is 0 Å². The molecule has 2 N–H and O–H groups in total. The van der Waals surface area contributed by atoms with E-state index in [4.69, 9.17) is 0 Å². The number of hydrogen-bond donors (Lipinski definition) is 2. The molecule has 0 radical (unpaired) electrons. The van der Waals surface area contributed by atoms with Crippen molar-refractivity contribution < 1.29 is 24.0 Å². The molecule has 5 amide bonds. The lowest BCUT2D eigenvalue weighted by Gasteiger charge is -2.52. The highest BCUT2D eigenvalue weighted by Gasteiger charge is 2.45. The SMILES string of the molecule is O=C1CCC(N2Cc3c(NCC(=O)N4C[C@@H]5C[C@H](C4)[C@@H]4CCCC(=O)N4C5)cccc3C2=O)C(=O)N1. The van der Waals surface area contributed by atoms with E-state index in [1.807, 2.05) is 11.0 Å². The van der Waals surface area contributed by atoms with E-state index in [1.54, 1.807) is 12.1 Å². The van der Waals surface area contributed by atoms with E-state index in [1.165, 1.54) is 4.90 Å². The minimum absolute atomic E-state index is 0.0178. The molecular formula is C26H31N5O5. The molecule has 0 aliphatic carbocycles. The number of nitrogens with one attached hydrogen (secondary N) is 2. The summed E-state index contributed by atoms with van der Waals surface area (Å²) in [6.07, 6.45) is 4.21. The first-order chi connectivity index (χ1) is 17.4. The van der Waals surface area contributed by atoms with Gasteiger partial charge in [-0.3, -0.25) is 29.3 Å². The predicted molar refractivity (Wildman–Crippen MR) is 129 cm³/mol. The normalized spacial score (nSPS) is 29.6. The smallest absolute Gasteiger partial charge is 0.255 e. The van der Waals surface area contributed by atoms with Gasteiger partial charge in [0.1, 0.15) is 6.04 Å². The largest absolute Gasteiger partial charge is 0.376 e. The van der Waals surface area contributed by atoms with Gasteiger partial charge in [0.25, 0.3) is 5.91 Å². The average molecular weight is 494 g/mol. The molecule has 1 aromatic carbocycles. The van der Waals surface area contributed by atoms with Gasteiger partial charge in [-0.15, -0.1) is 0 Å². The van der Waals surface area contributed by atoms with Gasteiger partial charge in [-0.1, -0.05) is 6.07 Å². The van der Waals surface area contributed by atoms with Crippen molar-refractivity contribution in [3.05, 3.63) is 29.3 Å². The standard InChI is InChI=1S/C26H31N5O5/c32-22-8-7-21(25(35)28-22)31-14-18-17(26(31)36)3-1-4-19(18)27-10-24(34)29-11-15-9-16(13-29)20-5-2-6-23(33)30(20)12-15/h1,3-4,15-16,20-21,27H,2,5-14H2,(H,28,32,35)/t15-,16+,20-,21?/m0/s1. The molecule has 10 heteroatoms. The fourth-order valence-corrected chi connectivity index (χ4v) is 6.85. The Hall–Kier alpha value is -3.43. The van der Waals surface area contributed by atoms with Crippen LogP contribution in [0.15, 0.2) is 18.2 Å². The van der Waals surface area contributed by atoms with E-state index < -0.39 is 11.9 Å². The maximum Gasteiger partial charge on any atom is 0.255 e. The molecule has 0 saturated carbocycles. The highest BCUT2D eigenvalue weighted by Crippen LogP contribution is 2.38. The van der Waals surface area contributed by atoms with Crippen LogP contribution in [0.2, 0.25) is 0 Å². The number of fused-ring (bicyclic) bond motifs is 5. The number of likely N-dealkylation sites (tertiary alicyclic amines) is 1. The van der Waals surface area contributed by atoms with E-state index in [0.717, 1.165) is 31.4 Å². The van der Waals surface area contributed by atoms with Gasteiger partial charge >= 0.3 is 0 Å². The van der Waals surface area contributed by atoms with Gasteiger partial charge in [0, 0.05) is 61.9 Å². The van der Waals surface area contributed by atoms with Crippen molar-refractivity contribution >= 4 is 35.2 Å². The first-order valence-electron chi connectivity index (χ1n) is 13.0. The van der Waals surface area contributed by atoms with E-state index in [-0.39, 0.29) is 49.2 Å². The Kier molecular flexibility index (Phi) is 5.69. The monoisotopic (exact) mass is 493 g/mol. The second-order valence-electron chi connectivity index (χ2n) is 10.8. The minimum atomic E-state index is -0.670. The molecule has 1 aromatic rings. The molecule has 4 saturated heterocycles. The lowest BCUT2D eigenvalue weighted by Crippen LogP contribution is -2.61. The zero-order valence-corrected chi connectivity index (χ0v) is 20.2. The number of piperidine rings is 4. The molecule has 0 spiro atoms. The van der Waals surface area contributed by atoms with Crippen LogP contribution in [0, 0.1) is 11.8 Å². The third-order valence-corrected chi connectivity index (χ3v) is 8.54. The summed E-state index contributed by atoms with van der Waals surface area (Å²) in [6.45, 7) is 2.48. The summed E-state index contributed by atoms with van der Waals surface area (Å²) in [5.74, 6) is -0.0367. The summed E-state index contributed by atoms with van der Waals surface area (Å²) < 4.78 is 0. The summed E-state index contributed by atoms with van der Waals surface area (Å²) in [6, 6.07) is 4.95. The van der Waals surface area contributed by atoms with Gasteiger partial charge in [-0.25, -0.2) is 0 Å². The summed E-state index contributed by atoms with van der Waals surface area (Å²) >= 11 is 0. The van der Waals surface area contributed by atoms with Crippen molar-refractivity contribution in [2.45, 2.75) is 57.2 Å². The minimum Gasteiger partial charge on any atom is -0.376 e. The van der Waals surface area contributed by atoms with Crippen LogP contribution in [0.1, 0.15) is 54.4 Å². The fraction of sp³-hybridized carbons (Fsp3) is 0.577. The number of amides is 5. The number of carbonyl (C=O) groups is 5. The third kappa shape index (κ3) is 3.92. The molecule has 190 valence electrons. The van der Waals surface area contributed by atoms with Crippen molar-refractivity contribution in [2.75, 3.05) is 31.5 Å². The molecule has 10 nitrogen and oxygen atoms in total. The summed E-state index contributed by atoms with van der Waals surface area (Å²) in [5, 5.41) is 5.57. The molecular weight excluding hydrogens is 462 g/mol. The van der Waals surface area contributed by atoms with Crippen LogP contribution in [0.25, 0.3) is 0 Å². The van der Waals surface area contributed by atoms with E-state index >= 15 is 0 Å². The van der Waals surface area contributed by atoms with Gasteiger partial charge in [-0.05, 0) is 49.7 Å². The number of nitrogens with zero attached hydrogens (tertiary/aromatic N) is 3. The number of benzene rings is 1. The maximum atomic E-state index is 13.2. The van der Waals surface area contributed by atoms with Crippen LogP contribution in [0.3, 0.4) is 0 Å². The number of hydrogen-bond acceptors (Lipinski definition) is 6. The van der Waals surface area contributed by atoms with Crippen LogP contribution in [-0.4, -0.2) is 82.5 Å². The quantitative estimate of drug-likeness (QED) is 0.597. The van der Waals surface area contributed by atoms with Gasteiger partial charge in [0.15, 0.2) is 0 Å². The Labute approximate surface area is 209 Å². The van der Waals surface area contributed by atoms with Crippen LogP contribution in [0.4, 0.5) is 5.69 Å². The number of anilines is 1. The molecule has 6 rings (SSSR count). The zero-order chi connectivity index (χ0) is 25.0. The van der Waals surface area contributed by atoms with Crippen molar-refractivity contribution in [1.29, 1.82) is 0 Å². The van der Waals surface area contributed by atoms with Gasteiger partial charge in [-0.2, -0.15) is 0 Å². The second-order valence-corrected chi connectivity index (χ2v) is 10.8. The lowest BCUT2D eigenvalue weighted by molar-refractivity contribution is -0.148. The van der Waals surface area contributed by atoms with Crippen molar-refractivity contribution in [1.82, 2.24) is 20.0 Å². The van der Waals surface area contributed by atoms with E-state index in [2.05, 4.69) is 15.5 Å². The van der Waals surface area contributed by atoms with Gasteiger partial charge in [0.2, 0.25) is 23.6 Å². The van der Waals surface area contributed by atoms with Crippen LogP contribution in [0.5, 0.6) is 0 Å². The number of imide groups is 1. The van der Waals surface area contributed by atoms with Gasteiger partial charge < -0.3 is 20.0 Å². The highest BCUT2D eigenvalue weighted by atomic mass is 16.2. The van der Waals surface area contributed by atoms with Crippen molar-refractivity contribution in [3.8, 4) is 0 Å². The molecule has 1 unspecified atom stereocenters. The van der Waals surface area contributed by atoms with Crippen molar-refractivity contribution in [2.24, 2.45) is 11.8 Å². The Bertz CT molecular complexity index is 1150. The van der Waals surface area contributed by atoms with Crippen LogP contribution in [-0.2, 0) is 25.7 Å². The maximum absolute atomic E-state index is 13.2. The summed E-state index contributed by atoms with van der Waals surface area (Å²) in [7, 11) is 0. The number of rotatable bonds is 4. The predicted octanol–water partition coefficient (Wildman–Crippen LogP) is 0.719. The summed E-state index contributed by atoms with van der Waals surface area (Å²) in [4.78, 5) is 68.0. The Balaban J connectivity index is 1.11. The molecule has 0 aromatic heterocycles. The third-order valence-electron chi connectivity index (χ3n) is 8.54. The number of carbonyl (C=O) groups excluding carboxylic acids is 5. The first-order valence-corrected chi connectivity index (χ1v) is 13.0. The molecule has 5 aliphatic rings. The molecule has 4 fully saturated rings. The average Bonchev–Trinajstić information content (AvgIpc) is 3.20. The molecule has 5 aliphatic heterocycles. The second kappa shape index (κ2) is 8.90. The Morgan fingerprint density at radius 2 is 1.89 bits per heavy atom. The molecule has 36 heavy (non-hydrogen) atoms. The van der Waals surface area contributed by atoms with Crippen LogP contribution < -0.4 is 10.6 Å². The lowest BCUT2D eigenvalue weighted by atomic mass is 9.76. The topological polar surface area (TPSA) is 119 Å². The molecule has 4 atom stereocenters. The molecule has 5 heterocycles. The van der Waals surface area contributed by atoms with E-state index in [9.17, 15) is 24.0 Å². The molecule has 2 bridgehead atoms. The summed E-state index contributed by atoms with van der Waals surface area (Å²) in [5.41, 5.74) is 2.00. The Morgan fingerprint density at radius 3 is 2.72 bits per heavy atom. The van der Waals surface area contributed by atoms with Crippen molar-refractivity contribution in [3.63, 3.8) is 0 Å².